The highest BCUT2D eigenvalue weighted by molar-refractivity contribution is 5.86. The highest BCUT2D eigenvalue weighted by Gasteiger charge is 2.11. The minimum absolute atomic E-state index is 0.130. The molecule has 0 saturated carbocycles. The molecule has 0 amide bonds. The number of carboxylic acids is 1. The van der Waals surface area contributed by atoms with Crippen LogP contribution in [0.1, 0.15) is 17.4 Å². The Morgan fingerprint density at radius 2 is 2.55 bits per heavy atom. The van der Waals surface area contributed by atoms with Crippen molar-refractivity contribution in [2.75, 3.05) is 5.73 Å². The van der Waals surface area contributed by atoms with Crippen molar-refractivity contribution in [1.82, 2.24) is 9.55 Å². The molecule has 11 heavy (non-hydrogen) atoms. The fraction of sp³-hybridized carbons (Fsp3) is 0.333. The molecular formula is C6H9N3O2. The molecule has 0 radical (unpaired) electrons. The molecule has 5 nitrogen and oxygen atoms in total. The van der Waals surface area contributed by atoms with E-state index in [2.05, 4.69) is 4.98 Å². The van der Waals surface area contributed by atoms with Gasteiger partial charge in [0, 0.05) is 6.54 Å². The summed E-state index contributed by atoms with van der Waals surface area (Å²) >= 11 is 0. The van der Waals surface area contributed by atoms with Gasteiger partial charge < -0.3 is 15.4 Å². The SMILES string of the molecule is CCn1c(C(=O)O)cnc1N. The average molecular weight is 155 g/mol. The monoisotopic (exact) mass is 155 g/mol. The second-order valence-electron chi connectivity index (χ2n) is 2.05. The van der Waals surface area contributed by atoms with Crippen molar-refractivity contribution < 1.29 is 9.90 Å². The zero-order valence-electron chi connectivity index (χ0n) is 6.11. The zero-order chi connectivity index (χ0) is 8.43. The molecule has 0 unspecified atom stereocenters. The first kappa shape index (κ1) is 7.59. The summed E-state index contributed by atoms with van der Waals surface area (Å²) in [5.74, 6) is -0.763. The average Bonchev–Trinajstić information content (AvgIpc) is 2.30. The standard InChI is InChI=1S/C6H9N3O2/c1-2-9-4(5(10)11)3-8-6(9)7/h3H,2H2,1H3,(H2,7,8)(H,10,11). The van der Waals surface area contributed by atoms with E-state index in [9.17, 15) is 4.79 Å². The molecule has 0 aliphatic carbocycles. The van der Waals surface area contributed by atoms with E-state index < -0.39 is 5.97 Å². The molecule has 1 aromatic heterocycles. The van der Waals surface area contributed by atoms with Crippen molar-refractivity contribution in [3.63, 3.8) is 0 Å². The number of hydrogen-bond acceptors (Lipinski definition) is 3. The summed E-state index contributed by atoms with van der Waals surface area (Å²) in [6.45, 7) is 2.33. The number of hydrogen-bond donors (Lipinski definition) is 2. The molecule has 0 aromatic carbocycles. The van der Waals surface area contributed by atoms with Crippen LogP contribution in [0.2, 0.25) is 0 Å². The molecule has 0 spiro atoms. The van der Waals surface area contributed by atoms with E-state index in [0.29, 0.717) is 6.54 Å². The molecule has 0 bridgehead atoms. The minimum atomic E-state index is -1.00. The Hall–Kier alpha value is -1.52. The fourth-order valence-electron chi connectivity index (χ4n) is 0.893. The van der Waals surface area contributed by atoms with E-state index in [4.69, 9.17) is 10.8 Å². The van der Waals surface area contributed by atoms with Crippen LogP contribution in [0.5, 0.6) is 0 Å². The third-order valence-electron chi connectivity index (χ3n) is 1.42. The van der Waals surface area contributed by atoms with Gasteiger partial charge in [-0.2, -0.15) is 0 Å². The van der Waals surface area contributed by atoms with Crippen LogP contribution in [-0.2, 0) is 6.54 Å². The van der Waals surface area contributed by atoms with Gasteiger partial charge in [-0.05, 0) is 6.92 Å². The Labute approximate surface area is 63.5 Å². The van der Waals surface area contributed by atoms with E-state index in [1.165, 1.54) is 10.8 Å². The van der Waals surface area contributed by atoms with Gasteiger partial charge in [0.05, 0.1) is 6.20 Å². The predicted molar refractivity (Wildman–Crippen MR) is 39.3 cm³/mol. The number of carbonyl (C=O) groups is 1. The van der Waals surface area contributed by atoms with Crippen molar-refractivity contribution >= 4 is 11.9 Å². The van der Waals surface area contributed by atoms with Crippen molar-refractivity contribution in [2.45, 2.75) is 13.5 Å². The number of nitrogens with two attached hydrogens (primary N) is 1. The van der Waals surface area contributed by atoms with Crippen LogP contribution in [-0.4, -0.2) is 20.6 Å². The lowest BCUT2D eigenvalue weighted by molar-refractivity contribution is 0.0685. The molecular weight excluding hydrogens is 146 g/mol. The van der Waals surface area contributed by atoms with E-state index in [1.807, 2.05) is 6.92 Å². The number of rotatable bonds is 2. The smallest absolute Gasteiger partial charge is 0.354 e. The summed E-state index contributed by atoms with van der Waals surface area (Å²) < 4.78 is 1.43. The van der Waals surface area contributed by atoms with Gasteiger partial charge in [-0.1, -0.05) is 0 Å². The zero-order valence-corrected chi connectivity index (χ0v) is 6.11. The molecule has 0 fully saturated rings. The van der Waals surface area contributed by atoms with Gasteiger partial charge >= 0.3 is 5.97 Å². The maximum atomic E-state index is 10.5. The maximum Gasteiger partial charge on any atom is 0.354 e. The fourth-order valence-corrected chi connectivity index (χ4v) is 0.893. The van der Waals surface area contributed by atoms with Crippen LogP contribution in [0.4, 0.5) is 5.95 Å². The van der Waals surface area contributed by atoms with Crippen LogP contribution >= 0.6 is 0 Å². The van der Waals surface area contributed by atoms with E-state index in [0.717, 1.165) is 0 Å². The van der Waals surface area contributed by atoms with Crippen LogP contribution < -0.4 is 5.73 Å². The van der Waals surface area contributed by atoms with Crippen LogP contribution in [0.3, 0.4) is 0 Å². The summed E-state index contributed by atoms with van der Waals surface area (Å²) in [6.07, 6.45) is 1.25. The minimum Gasteiger partial charge on any atom is -0.477 e. The van der Waals surface area contributed by atoms with Gasteiger partial charge in [0.2, 0.25) is 5.95 Å². The second kappa shape index (κ2) is 2.61. The Balaban J connectivity index is 3.15. The molecule has 0 atom stereocenters. The highest BCUT2D eigenvalue weighted by Crippen LogP contribution is 2.05. The summed E-state index contributed by atoms with van der Waals surface area (Å²) in [5, 5.41) is 8.59. The summed E-state index contributed by atoms with van der Waals surface area (Å²) in [4.78, 5) is 14.1. The van der Waals surface area contributed by atoms with Crippen LogP contribution in [0.15, 0.2) is 6.20 Å². The van der Waals surface area contributed by atoms with Gasteiger partial charge in [-0.3, -0.25) is 0 Å². The van der Waals surface area contributed by atoms with Crippen LogP contribution in [0, 0.1) is 0 Å². The predicted octanol–water partition coefficient (Wildman–Crippen LogP) is 0.183. The third-order valence-corrected chi connectivity index (χ3v) is 1.42. The molecule has 1 rings (SSSR count). The van der Waals surface area contributed by atoms with Crippen molar-refractivity contribution in [3.05, 3.63) is 11.9 Å². The Kier molecular flexibility index (Phi) is 1.80. The lowest BCUT2D eigenvalue weighted by Gasteiger charge is -2.01. The van der Waals surface area contributed by atoms with Gasteiger partial charge in [0.15, 0.2) is 0 Å². The van der Waals surface area contributed by atoms with Gasteiger partial charge in [0.1, 0.15) is 5.69 Å². The normalized spacial score (nSPS) is 9.91. The van der Waals surface area contributed by atoms with Crippen molar-refractivity contribution in [3.8, 4) is 0 Å². The topological polar surface area (TPSA) is 81.1 Å². The van der Waals surface area contributed by atoms with E-state index in [1.54, 1.807) is 0 Å². The summed E-state index contributed by atoms with van der Waals surface area (Å²) in [7, 11) is 0. The molecule has 1 aromatic rings. The van der Waals surface area contributed by atoms with Gasteiger partial charge in [0.25, 0.3) is 0 Å². The number of nitrogens with zero attached hydrogens (tertiary/aromatic N) is 2. The van der Waals surface area contributed by atoms with Crippen molar-refractivity contribution in [1.29, 1.82) is 0 Å². The van der Waals surface area contributed by atoms with E-state index >= 15 is 0 Å². The third kappa shape index (κ3) is 1.17. The molecule has 3 N–H and O–H groups in total. The first-order valence-corrected chi connectivity index (χ1v) is 3.21. The number of nitrogen functional groups attached to an aromatic ring is 1. The number of imidazole rings is 1. The lowest BCUT2D eigenvalue weighted by Crippen LogP contribution is -2.09. The molecule has 0 aliphatic heterocycles. The Bertz CT molecular complexity index is 279. The van der Waals surface area contributed by atoms with Gasteiger partial charge in [-0.25, -0.2) is 9.78 Å². The van der Waals surface area contributed by atoms with E-state index in [-0.39, 0.29) is 11.6 Å². The number of anilines is 1. The first-order chi connectivity index (χ1) is 5.16. The quantitative estimate of drug-likeness (QED) is 0.638. The summed E-state index contributed by atoms with van der Waals surface area (Å²) in [5.41, 5.74) is 5.51. The Morgan fingerprint density at radius 1 is 1.91 bits per heavy atom. The second-order valence-corrected chi connectivity index (χ2v) is 2.05. The molecule has 0 aliphatic rings. The number of aromatic carboxylic acids is 1. The molecule has 0 saturated heterocycles. The first-order valence-electron chi connectivity index (χ1n) is 3.21. The largest absolute Gasteiger partial charge is 0.477 e. The van der Waals surface area contributed by atoms with Crippen LogP contribution in [0.25, 0.3) is 0 Å². The number of aromatic nitrogens is 2. The maximum absolute atomic E-state index is 10.5. The van der Waals surface area contributed by atoms with Gasteiger partial charge in [-0.15, -0.1) is 0 Å². The molecule has 5 heteroatoms. The number of carboxylic acid groups (broad SMARTS) is 1. The molecule has 1 heterocycles. The highest BCUT2D eigenvalue weighted by atomic mass is 16.4. The Morgan fingerprint density at radius 3 is 2.91 bits per heavy atom. The lowest BCUT2D eigenvalue weighted by atomic mass is 10.5. The molecule has 60 valence electrons. The summed E-state index contributed by atoms with van der Waals surface area (Å²) in [6, 6.07) is 0. The van der Waals surface area contributed by atoms with Crippen molar-refractivity contribution in [2.24, 2.45) is 0 Å².